The van der Waals surface area contributed by atoms with Crippen LogP contribution in [0, 0.1) is 0 Å². The van der Waals surface area contributed by atoms with Crippen LogP contribution in [0.5, 0.6) is 5.75 Å². The number of rotatable bonds is 8. The first-order chi connectivity index (χ1) is 11.5. The van der Waals surface area contributed by atoms with Gasteiger partial charge >= 0.3 is 0 Å². The lowest BCUT2D eigenvalue weighted by molar-refractivity contribution is -0.305. The number of hydrogen-bond acceptors (Lipinski definition) is 6. The number of ether oxygens (including phenoxy) is 1. The topological polar surface area (TPSA) is 69.7 Å². The fraction of sp³-hybridized carbons (Fsp3) is 0.235. The summed E-state index contributed by atoms with van der Waals surface area (Å²) in [5.74, 6) is -0.703. The molecule has 1 aromatic rings. The Morgan fingerprint density at radius 1 is 1.42 bits per heavy atom. The van der Waals surface area contributed by atoms with Crippen LogP contribution >= 0.6 is 24.0 Å². The van der Waals surface area contributed by atoms with Crippen molar-refractivity contribution >= 4 is 46.3 Å². The molecule has 2 rings (SSSR count). The van der Waals surface area contributed by atoms with Gasteiger partial charge in [0, 0.05) is 18.1 Å². The van der Waals surface area contributed by atoms with Crippen LogP contribution in [-0.4, -0.2) is 34.2 Å². The van der Waals surface area contributed by atoms with E-state index >= 15 is 0 Å². The molecule has 1 aliphatic rings. The predicted octanol–water partition coefficient (Wildman–Crippen LogP) is 1.98. The Bertz CT molecular complexity index is 700. The number of aliphatic carboxylic acids is 1. The van der Waals surface area contributed by atoms with E-state index < -0.39 is 5.97 Å². The molecule has 0 unspecified atom stereocenters. The van der Waals surface area contributed by atoms with Gasteiger partial charge in [-0.1, -0.05) is 54.8 Å². The summed E-state index contributed by atoms with van der Waals surface area (Å²) in [7, 11) is 0. The minimum absolute atomic E-state index is 0.103. The minimum atomic E-state index is -1.13. The maximum absolute atomic E-state index is 12.5. The molecule has 0 N–H and O–H groups in total. The average molecular weight is 362 g/mol. The Morgan fingerprint density at radius 3 is 2.88 bits per heavy atom. The van der Waals surface area contributed by atoms with E-state index in [0.29, 0.717) is 28.0 Å². The Morgan fingerprint density at radius 2 is 2.17 bits per heavy atom. The molecule has 0 aromatic heterocycles. The summed E-state index contributed by atoms with van der Waals surface area (Å²) in [5.41, 5.74) is 0.773. The average Bonchev–Trinajstić information content (AvgIpc) is 2.81. The van der Waals surface area contributed by atoms with Gasteiger partial charge in [0.15, 0.2) is 0 Å². The van der Waals surface area contributed by atoms with E-state index in [9.17, 15) is 14.7 Å². The van der Waals surface area contributed by atoms with E-state index in [1.165, 1.54) is 16.7 Å². The first kappa shape index (κ1) is 18.2. The van der Waals surface area contributed by atoms with Crippen molar-refractivity contribution in [3.63, 3.8) is 0 Å². The van der Waals surface area contributed by atoms with Crippen molar-refractivity contribution in [1.82, 2.24) is 4.90 Å². The zero-order valence-electron chi connectivity index (χ0n) is 12.9. The Kier molecular flexibility index (Phi) is 6.57. The third-order valence-electron chi connectivity index (χ3n) is 3.20. The molecule has 1 amide bonds. The zero-order chi connectivity index (χ0) is 17.5. The number of para-hydroxylation sites is 1. The first-order valence-electron chi connectivity index (χ1n) is 7.31. The second-order valence-corrected chi connectivity index (χ2v) is 6.62. The highest BCUT2D eigenvalue weighted by Crippen LogP contribution is 2.34. The number of thioether (sulfide) groups is 1. The van der Waals surface area contributed by atoms with Crippen molar-refractivity contribution in [2.45, 2.75) is 12.8 Å². The van der Waals surface area contributed by atoms with Crippen molar-refractivity contribution in [2.75, 3.05) is 13.2 Å². The van der Waals surface area contributed by atoms with Crippen LogP contribution in [0.2, 0.25) is 0 Å². The molecule has 5 nitrogen and oxygen atoms in total. The van der Waals surface area contributed by atoms with Crippen molar-refractivity contribution in [2.24, 2.45) is 0 Å². The largest absolute Gasteiger partial charge is 0.550 e. The van der Waals surface area contributed by atoms with Crippen LogP contribution < -0.4 is 9.84 Å². The molecular weight excluding hydrogens is 346 g/mol. The third-order valence-corrected chi connectivity index (χ3v) is 4.58. The van der Waals surface area contributed by atoms with Crippen molar-refractivity contribution in [3.8, 4) is 5.75 Å². The molecule has 1 heterocycles. The van der Waals surface area contributed by atoms with Crippen LogP contribution in [0.1, 0.15) is 18.4 Å². The normalized spacial score (nSPS) is 15.8. The number of carbonyl (C=O) groups excluding carboxylic acids is 2. The molecule has 1 aromatic carbocycles. The van der Waals surface area contributed by atoms with Crippen LogP contribution in [0.4, 0.5) is 0 Å². The van der Waals surface area contributed by atoms with Crippen LogP contribution in [-0.2, 0) is 9.59 Å². The summed E-state index contributed by atoms with van der Waals surface area (Å²) in [4.78, 5) is 24.8. The first-order valence-corrected chi connectivity index (χ1v) is 8.53. The van der Waals surface area contributed by atoms with Crippen molar-refractivity contribution < 1.29 is 19.4 Å². The third kappa shape index (κ3) is 4.69. The van der Waals surface area contributed by atoms with Crippen LogP contribution in [0.25, 0.3) is 6.08 Å². The summed E-state index contributed by atoms with van der Waals surface area (Å²) < 4.78 is 6.00. The number of nitrogens with zero attached hydrogens (tertiary/aromatic N) is 1. The monoisotopic (exact) mass is 362 g/mol. The van der Waals surface area contributed by atoms with Crippen LogP contribution in [0.3, 0.4) is 0 Å². The summed E-state index contributed by atoms with van der Waals surface area (Å²) in [5, 5.41) is 10.5. The highest BCUT2D eigenvalue weighted by atomic mass is 32.2. The number of thiocarbonyl (C=S) groups is 1. The molecule has 0 bridgehead atoms. The lowest BCUT2D eigenvalue weighted by Gasteiger charge is -2.14. The molecule has 1 fully saturated rings. The molecule has 1 saturated heterocycles. The molecule has 0 aliphatic carbocycles. The van der Waals surface area contributed by atoms with Gasteiger partial charge in [0.2, 0.25) is 0 Å². The van der Waals surface area contributed by atoms with Gasteiger partial charge in [-0.15, -0.1) is 0 Å². The number of carbonyl (C=O) groups is 2. The number of hydrogen-bond donors (Lipinski definition) is 0. The molecule has 126 valence electrons. The van der Waals surface area contributed by atoms with Gasteiger partial charge in [0.1, 0.15) is 16.7 Å². The van der Waals surface area contributed by atoms with E-state index in [-0.39, 0.29) is 18.9 Å². The Hall–Kier alpha value is -2.12. The molecule has 24 heavy (non-hydrogen) atoms. The molecule has 7 heteroatoms. The summed E-state index contributed by atoms with van der Waals surface area (Å²) in [6.07, 6.45) is 3.58. The van der Waals surface area contributed by atoms with E-state index in [1.807, 2.05) is 24.3 Å². The summed E-state index contributed by atoms with van der Waals surface area (Å²) in [6, 6.07) is 7.37. The van der Waals surface area contributed by atoms with E-state index in [1.54, 1.807) is 12.2 Å². The summed E-state index contributed by atoms with van der Waals surface area (Å²) >= 11 is 6.41. The van der Waals surface area contributed by atoms with Gasteiger partial charge in [0.25, 0.3) is 5.91 Å². The molecule has 1 aliphatic heterocycles. The van der Waals surface area contributed by atoms with Crippen molar-refractivity contribution in [1.29, 1.82) is 0 Å². The maximum atomic E-state index is 12.5. The molecule has 0 spiro atoms. The highest BCUT2D eigenvalue weighted by Gasteiger charge is 2.31. The minimum Gasteiger partial charge on any atom is -0.550 e. The SMILES string of the molecule is C=CCOc1ccccc1/C=C1/SC(=S)N(CCCC(=O)[O-])C1=O. The van der Waals surface area contributed by atoms with Gasteiger partial charge in [-0.3, -0.25) is 9.69 Å². The van der Waals surface area contributed by atoms with Gasteiger partial charge in [0.05, 0.1) is 4.91 Å². The lowest BCUT2D eigenvalue weighted by Crippen LogP contribution is -2.30. The van der Waals surface area contributed by atoms with E-state index in [4.69, 9.17) is 17.0 Å². The second kappa shape index (κ2) is 8.65. The van der Waals surface area contributed by atoms with Crippen molar-refractivity contribution in [3.05, 3.63) is 47.4 Å². The van der Waals surface area contributed by atoms with E-state index in [0.717, 1.165) is 5.56 Å². The van der Waals surface area contributed by atoms with Gasteiger partial charge < -0.3 is 14.6 Å². The van der Waals surface area contributed by atoms with Gasteiger partial charge in [-0.05, 0) is 25.0 Å². The smallest absolute Gasteiger partial charge is 0.266 e. The van der Waals surface area contributed by atoms with E-state index in [2.05, 4.69) is 6.58 Å². The number of carboxylic acid groups (broad SMARTS) is 1. The van der Waals surface area contributed by atoms with Gasteiger partial charge in [-0.25, -0.2) is 0 Å². The number of amides is 1. The molecular formula is C17H16NO4S2-. The highest BCUT2D eigenvalue weighted by molar-refractivity contribution is 8.26. The molecule has 0 saturated carbocycles. The Balaban J connectivity index is 2.13. The molecule has 0 atom stereocenters. The maximum Gasteiger partial charge on any atom is 0.266 e. The fourth-order valence-corrected chi connectivity index (χ4v) is 3.39. The Labute approximate surface area is 150 Å². The molecule has 0 radical (unpaired) electrons. The zero-order valence-corrected chi connectivity index (χ0v) is 14.5. The quantitative estimate of drug-likeness (QED) is 0.400. The standard InChI is InChI=1S/C17H17NO4S2/c1-2-10-22-13-7-4-3-6-12(13)11-14-16(21)18(17(23)24-14)9-5-8-15(19)20/h2-4,6-7,11H,1,5,8-10H2,(H,19,20)/p-1/b14-11+. The summed E-state index contributed by atoms with van der Waals surface area (Å²) in [6.45, 7) is 4.25. The number of carboxylic acids is 1. The fourth-order valence-electron chi connectivity index (χ4n) is 2.10. The van der Waals surface area contributed by atoms with Crippen LogP contribution in [0.15, 0.2) is 41.8 Å². The lowest BCUT2D eigenvalue weighted by atomic mass is 10.2. The predicted molar refractivity (Wildman–Crippen MR) is 96.3 cm³/mol. The van der Waals surface area contributed by atoms with Gasteiger partial charge in [-0.2, -0.15) is 0 Å². The number of benzene rings is 1. The second-order valence-electron chi connectivity index (χ2n) is 4.95.